The summed E-state index contributed by atoms with van der Waals surface area (Å²) in [6, 6.07) is 9.47. The van der Waals surface area contributed by atoms with Crippen molar-refractivity contribution in [2.24, 2.45) is 0 Å². The zero-order valence-electron chi connectivity index (χ0n) is 20.5. The summed E-state index contributed by atoms with van der Waals surface area (Å²) < 4.78 is 12.0. The zero-order valence-corrected chi connectivity index (χ0v) is 20.5. The molecule has 0 radical (unpaired) electrons. The number of aliphatic hydroxyl groups excluding tert-OH is 2. The number of hydrogen-bond donors (Lipinski definition) is 4. The number of rotatable bonds is 6. The first-order chi connectivity index (χ1) is 18.4. The summed E-state index contributed by atoms with van der Waals surface area (Å²) in [5.41, 5.74) is 7.43. The highest BCUT2D eigenvalue weighted by Gasteiger charge is 2.48. The lowest BCUT2D eigenvalue weighted by Gasteiger charge is -2.18. The quantitative estimate of drug-likeness (QED) is 0.321. The van der Waals surface area contributed by atoms with E-state index in [2.05, 4.69) is 32.1 Å². The second-order valence-electron chi connectivity index (χ2n) is 9.08. The number of imidazole rings is 1. The van der Waals surface area contributed by atoms with E-state index in [0.29, 0.717) is 6.54 Å². The molecule has 0 spiro atoms. The highest BCUT2D eigenvalue weighted by Crippen LogP contribution is 2.33. The Morgan fingerprint density at radius 3 is 2.71 bits per heavy atom. The van der Waals surface area contributed by atoms with E-state index in [1.165, 1.54) is 22.9 Å². The molecule has 1 saturated heterocycles. The van der Waals surface area contributed by atoms with Gasteiger partial charge in [-0.2, -0.15) is 0 Å². The van der Waals surface area contributed by atoms with Crippen molar-refractivity contribution in [3.63, 3.8) is 0 Å². The molecule has 1 aliphatic carbocycles. The van der Waals surface area contributed by atoms with Gasteiger partial charge in [-0.15, -0.1) is 0 Å². The molecule has 2 fully saturated rings. The second-order valence-corrected chi connectivity index (χ2v) is 9.08. The molecule has 2 aliphatic rings. The molecule has 5 rings (SSSR count). The van der Waals surface area contributed by atoms with Crippen LogP contribution < -0.4 is 11.1 Å². The third-order valence-corrected chi connectivity index (χ3v) is 6.26. The highest BCUT2D eigenvalue weighted by atomic mass is 16.6. The fourth-order valence-electron chi connectivity index (χ4n) is 4.13. The third kappa shape index (κ3) is 5.23. The number of nitrogens with zero attached hydrogens (tertiary/aromatic N) is 5. The van der Waals surface area contributed by atoms with Crippen LogP contribution in [-0.2, 0) is 20.8 Å². The number of benzene rings is 1. The fourth-order valence-corrected chi connectivity index (χ4v) is 4.13. The predicted octanol–water partition coefficient (Wildman–Crippen LogP) is -0.0736. The molecule has 0 unspecified atom stereocenters. The summed E-state index contributed by atoms with van der Waals surface area (Å²) in [6.45, 7) is 0.336. The molecule has 1 aliphatic heterocycles. The summed E-state index contributed by atoms with van der Waals surface area (Å²) in [5, 5.41) is 23.9. The van der Waals surface area contributed by atoms with Crippen LogP contribution >= 0.6 is 0 Å². The maximum atomic E-state index is 12.5. The largest absolute Gasteiger partial charge is 0.453 e. The van der Waals surface area contributed by atoms with Crippen molar-refractivity contribution in [2.45, 2.75) is 50.0 Å². The molecule has 198 valence electrons. The van der Waals surface area contributed by atoms with Crippen LogP contribution in [0, 0.1) is 11.8 Å². The number of carbonyl (C=O) groups excluding carboxylic acids is 2. The minimum Gasteiger partial charge on any atom is -0.453 e. The average molecular weight is 522 g/mol. The van der Waals surface area contributed by atoms with Gasteiger partial charge in [0.05, 0.1) is 20.0 Å². The molecule has 38 heavy (non-hydrogen) atoms. The first-order valence-corrected chi connectivity index (χ1v) is 12.0. The van der Waals surface area contributed by atoms with E-state index in [-0.39, 0.29) is 35.4 Å². The molecule has 5 N–H and O–H groups in total. The van der Waals surface area contributed by atoms with Crippen molar-refractivity contribution >= 4 is 29.0 Å². The Hall–Kier alpha value is -4.25. The fraction of sp³-hybridized carbons (Fsp3) is 0.400. The van der Waals surface area contributed by atoms with Crippen LogP contribution in [0.3, 0.4) is 0 Å². The standard InChI is InChI=1S/C25H27N7O6/c1-37-25(36)31(12-14-6-3-2-4-7-14)11-5-8-16-29-21(26)17-22(30-16)32(13-27-17)24-19(34)18(33)20(38-24)23(35)28-15-9-10-15/h2-4,6-7,13,15,18-20,24,33-34H,9-12H2,1H3,(H,28,35)(H2,26,29,30)/t18-,19+,20+,24-/m1/s1. The number of fused-ring (bicyclic) bond motifs is 1. The molecule has 3 heterocycles. The maximum absolute atomic E-state index is 12.5. The molecular formula is C25H27N7O6. The predicted molar refractivity (Wildman–Crippen MR) is 133 cm³/mol. The second kappa shape index (κ2) is 10.6. The first kappa shape index (κ1) is 25.4. The number of amides is 2. The number of anilines is 1. The van der Waals surface area contributed by atoms with Crippen molar-refractivity contribution in [3.8, 4) is 11.8 Å². The number of aromatic nitrogens is 4. The van der Waals surface area contributed by atoms with Crippen LogP contribution in [0.2, 0.25) is 0 Å². The lowest BCUT2D eigenvalue weighted by molar-refractivity contribution is -0.137. The lowest BCUT2D eigenvalue weighted by Crippen LogP contribution is -2.43. The van der Waals surface area contributed by atoms with Crippen molar-refractivity contribution in [3.05, 3.63) is 48.0 Å². The van der Waals surface area contributed by atoms with E-state index in [9.17, 15) is 19.8 Å². The van der Waals surface area contributed by atoms with Crippen LogP contribution in [0.1, 0.15) is 30.5 Å². The number of aliphatic hydroxyl groups is 2. The molecule has 3 aromatic rings. The zero-order chi connectivity index (χ0) is 26.8. The highest BCUT2D eigenvalue weighted by molar-refractivity contribution is 5.83. The SMILES string of the molecule is COC(=O)N(CC#Cc1nc(N)c2ncn([C@@H]3O[C@H](C(=O)NC4CC4)[C@H](O)[C@@H]3O)c2n1)Cc1ccccc1. The van der Waals surface area contributed by atoms with Gasteiger partial charge in [0.2, 0.25) is 5.82 Å². The summed E-state index contributed by atoms with van der Waals surface area (Å²) in [4.78, 5) is 38.9. The lowest BCUT2D eigenvalue weighted by atomic mass is 10.1. The van der Waals surface area contributed by atoms with E-state index in [1.807, 2.05) is 30.3 Å². The molecule has 13 heteroatoms. The number of nitrogen functional groups attached to an aromatic ring is 1. The third-order valence-electron chi connectivity index (χ3n) is 6.26. The smallest absolute Gasteiger partial charge is 0.410 e. The normalized spacial score (nSPS) is 22.5. The Bertz CT molecular complexity index is 1400. The Morgan fingerprint density at radius 2 is 2.00 bits per heavy atom. The van der Waals surface area contributed by atoms with Crippen LogP contribution in [0.4, 0.5) is 10.6 Å². The number of nitrogens with one attached hydrogen (secondary N) is 1. The van der Waals surface area contributed by atoms with Crippen LogP contribution in [0.15, 0.2) is 36.7 Å². The summed E-state index contributed by atoms with van der Waals surface area (Å²) >= 11 is 0. The van der Waals surface area contributed by atoms with Gasteiger partial charge in [0.25, 0.3) is 5.91 Å². The minimum absolute atomic E-state index is 0.0383. The van der Waals surface area contributed by atoms with Crippen molar-refractivity contribution in [2.75, 3.05) is 19.4 Å². The average Bonchev–Trinajstić information content (AvgIpc) is 3.55. The Labute approximate surface area is 217 Å². The number of carbonyl (C=O) groups is 2. The van der Waals surface area contributed by atoms with Gasteiger partial charge in [-0.3, -0.25) is 14.3 Å². The first-order valence-electron chi connectivity index (χ1n) is 12.0. The molecule has 2 aromatic heterocycles. The topological polar surface area (TPSA) is 178 Å². The van der Waals surface area contributed by atoms with Crippen molar-refractivity contribution < 1.29 is 29.3 Å². The number of hydrogen-bond acceptors (Lipinski definition) is 10. The number of ether oxygens (including phenoxy) is 2. The molecular weight excluding hydrogens is 494 g/mol. The molecule has 1 aromatic carbocycles. The van der Waals surface area contributed by atoms with Gasteiger partial charge in [-0.1, -0.05) is 36.3 Å². The summed E-state index contributed by atoms with van der Waals surface area (Å²) in [5.74, 6) is 5.27. The van der Waals surface area contributed by atoms with Crippen LogP contribution in [0.5, 0.6) is 0 Å². The monoisotopic (exact) mass is 521 g/mol. The minimum atomic E-state index is -1.44. The molecule has 2 amide bonds. The number of nitrogens with two attached hydrogens (primary N) is 1. The maximum Gasteiger partial charge on any atom is 0.410 e. The Kier molecular flexibility index (Phi) is 7.10. The van der Waals surface area contributed by atoms with E-state index in [1.54, 1.807) is 0 Å². The van der Waals surface area contributed by atoms with Crippen LogP contribution in [0.25, 0.3) is 11.2 Å². The summed E-state index contributed by atoms with van der Waals surface area (Å²) in [7, 11) is 1.29. The van der Waals surface area contributed by atoms with Gasteiger partial charge < -0.3 is 30.7 Å². The molecule has 13 nitrogen and oxygen atoms in total. The van der Waals surface area contributed by atoms with E-state index < -0.39 is 36.5 Å². The molecule has 4 atom stereocenters. The Morgan fingerprint density at radius 1 is 1.24 bits per heavy atom. The molecule has 1 saturated carbocycles. The van der Waals surface area contributed by atoms with Gasteiger partial charge in [0, 0.05) is 12.6 Å². The molecule has 0 bridgehead atoms. The van der Waals surface area contributed by atoms with E-state index in [4.69, 9.17) is 15.2 Å². The van der Waals surface area contributed by atoms with Gasteiger partial charge in [-0.05, 0) is 24.3 Å². The van der Waals surface area contributed by atoms with Crippen LogP contribution in [-0.4, -0.2) is 84.6 Å². The van der Waals surface area contributed by atoms with Gasteiger partial charge in [-0.25, -0.2) is 19.7 Å². The van der Waals surface area contributed by atoms with Gasteiger partial charge >= 0.3 is 6.09 Å². The van der Waals surface area contributed by atoms with Gasteiger partial charge in [0.15, 0.2) is 23.8 Å². The van der Waals surface area contributed by atoms with Crippen molar-refractivity contribution in [1.82, 2.24) is 29.7 Å². The Balaban J connectivity index is 1.36. The summed E-state index contributed by atoms with van der Waals surface area (Å²) in [6.07, 6.45) is -2.70. The number of methoxy groups -OCH3 is 1. The van der Waals surface area contributed by atoms with E-state index in [0.717, 1.165) is 18.4 Å². The van der Waals surface area contributed by atoms with Crippen molar-refractivity contribution in [1.29, 1.82) is 0 Å². The van der Waals surface area contributed by atoms with E-state index >= 15 is 0 Å². The van der Waals surface area contributed by atoms with Gasteiger partial charge in [0.1, 0.15) is 17.7 Å².